The van der Waals surface area contributed by atoms with Crippen molar-refractivity contribution >= 4 is 33.3 Å². The lowest BCUT2D eigenvalue weighted by molar-refractivity contribution is -0.138. The number of nitrogens with zero attached hydrogens (tertiary/aromatic N) is 4. The van der Waals surface area contributed by atoms with E-state index in [1.807, 2.05) is 0 Å². The van der Waals surface area contributed by atoms with Gasteiger partial charge in [0.15, 0.2) is 0 Å². The monoisotopic (exact) mass is 674 g/mol. The molecule has 1 aromatic heterocycles. The molecule has 3 atom stereocenters. The fourth-order valence-electron chi connectivity index (χ4n) is 6.64. The molecule has 2 aliphatic rings. The Kier molecular flexibility index (Phi) is 10.0. The second-order valence-electron chi connectivity index (χ2n) is 12.5. The van der Waals surface area contributed by atoms with Crippen LogP contribution in [0.3, 0.4) is 0 Å². The average molecular weight is 675 g/mol. The molecule has 2 fully saturated rings. The number of rotatable bonds is 10. The number of anilines is 3. The fraction of sp³-hybridized carbons (Fsp3) is 0.485. The van der Waals surface area contributed by atoms with Gasteiger partial charge in [-0.25, -0.2) is 18.4 Å². The summed E-state index contributed by atoms with van der Waals surface area (Å²) in [4.78, 5) is 23.7. The lowest BCUT2D eigenvalue weighted by atomic mass is 9.82. The number of methoxy groups -OCH3 is 1. The van der Waals surface area contributed by atoms with Gasteiger partial charge in [0.25, 0.3) is 5.91 Å². The first-order valence-corrected chi connectivity index (χ1v) is 17.4. The molecule has 47 heavy (non-hydrogen) atoms. The van der Waals surface area contributed by atoms with E-state index in [-0.39, 0.29) is 36.4 Å². The summed E-state index contributed by atoms with van der Waals surface area (Å²) in [5.74, 6) is 0.590. The minimum absolute atomic E-state index is 0.0841. The number of alkyl halides is 3. The van der Waals surface area contributed by atoms with Crippen molar-refractivity contribution in [2.75, 3.05) is 43.6 Å². The second-order valence-corrected chi connectivity index (χ2v) is 14.5. The van der Waals surface area contributed by atoms with Crippen molar-refractivity contribution in [3.63, 3.8) is 0 Å². The number of halogens is 3. The molecule has 1 saturated carbocycles. The van der Waals surface area contributed by atoms with Crippen LogP contribution in [-0.2, 0) is 29.0 Å². The van der Waals surface area contributed by atoms with Gasteiger partial charge in [0.05, 0.1) is 36.0 Å². The lowest BCUT2D eigenvalue weighted by Gasteiger charge is -2.34. The number of fused-ring (bicyclic) bond motifs is 1. The first-order valence-electron chi connectivity index (χ1n) is 15.6. The summed E-state index contributed by atoms with van der Waals surface area (Å²) < 4.78 is 73.1. The van der Waals surface area contributed by atoms with Gasteiger partial charge in [-0.1, -0.05) is 12.1 Å². The van der Waals surface area contributed by atoms with Gasteiger partial charge < -0.3 is 20.3 Å². The number of carbonyl (C=O) groups is 1. The first-order chi connectivity index (χ1) is 22.1. The van der Waals surface area contributed by atoms with Crippen LogP contribution in [0.15, 0.2) is 42.6 Å². The predicted molar refractivity (Wildman–Crippen MR) is 175 cm³/mol. The zero-order valence-electron chi connectivity index (χ0n) is 27.2. The first kappa shape index (κ1) is 34.4. The minimum atomic E-state index is -4.70. The lowest BCUT2D eigenvalue weighted by Crippen LogP contribution is -2.43. The number of nitrogens with one attached hydrogen (secondary N) is 2. The number of amides is 1. The van der Waals surface area contributed by atoms with Crippen LogP contribution in [0.2, 0.25) is 0 Å². The van der Waals surface area contributed by atoms with Crippen LogP contribution in [-0.4, -0.2) is 75.3 Å². The smallest absolute Gasteiger partial charge is 0.419 e. The van der Waals surface area contributed by atoms with E-state index in [2.05, 4.69) is 32.5 Å². The minimum Gasteiger partial charge on any atom is -0.495 e. The maximum Gasteiger partial charge on any atom is 0.419 e. The van der Waals surface area contributed by atoms with Crippen LogP contribution in [0.1, 0.15) is 58.4 Å². The van der Waals surface area contributed by atoms with E-state index in [1.165, 1.54) is 14.2 Å². The number of aromatic nitrogens is 2. The third-order valence-electron chi connectivity index (χ3n) is 9.29. The maximum absolute atomic E-state index is 14.0. The molecule has 2 heterocycles. The van der Waals surface area contributed by atoms with E-state index in [4.69, 9.17) is 4.74 Å². The third-order valence-corrected chi connectivity index (χ3v) is 10.5. The van der Waals surface area contributed by atoms with Crippen LogP contribution in [0.5, 0.6) is 5.75 Å². The molecule has 1 aliphatic heterocycles. The van der Waals surface area contributed by atoms with E-state index in [9.17, 15) is 26.4 Å². The van der Waals surface area contributed by atoms with Crippen molar-refractivity contribution in [3.05, 3.63) is 70.5 Å². The van der Waals surface area contributed by atoms with Gasteiger partial charge in [0.1, 0.15) is 5.75 Å². The Hall–Kier alpha value is -3.91. The molecule has 3 aromatic rings. The van der Waals surface area contributed by atoms with Crippen molar-refractivity contribution in [2.45, 2.75) is 63.7 Å². The quantitative estimate of drug-likeness (QED) is 0.296. The summed E-state index contributed by atoms with van der Waals surface area (Å²) in [6, 6.07) is 10.7. The molecule has 0 spiro atoms. The molecule has 14 heteroatoms. The van der Waals surface area contributed by atoms with Crippen LogP contribution in [0.4, 0.5) is 30.5 Å². The normalized spacial score (nSPS) is 20.0. The number of aryl methyl sites for hydroxylation is 3. The Morgan fingerprint density at radius 3 is 2.60 bits per heavy atom. The highest BCUT2D eigenvalue weighted by atomic mass is 32.2. The summed E-state index contributed by atoms with van der Waals surface area (Å²) in [6.45, 7) is 2.89. The number of likely N-dealkylation sites (tertiary alicyclic amines) is 1. The Morgan fingerprint density at radius 2 is 1.89 bits per heavy atom. The van der Waals surface area contributed by atoms with E-state index in [1.54, 1.807) is 43.3 Å². The van der Waals surface area contributed by atoms with Crippen molar-refractivity contribution in [1.82, 2.24) is 20.2 Å². The largest absolute Gasteiger partial charge is 0.495 e. The van der Waals surface area contributed by atoms with E-state index < -0.39 is 21.8 Å². The SMILES string of the molecule is COc1cc(C(=O)NC2CCC3C(CCN3C)C2)ccc1Nc1ncc(C(F)(F)F)c(CCc2ccc(C)cc2N(C)S(C)(=O)=O)n1. The van der Waals surface area contributed by atoms with E-state index in [0.29, 0.717) is 40.2 Å². The van der Waals surface area contributed by atoms with Gasteiger partial charge in [-0.15, -0.1) is 0 Å². The highest BCUT2D eigenvalue weighted by Gasteiger charge is 2.38. The van der Waals surface area contributed by atoms with Gasteiger partial charge in [0, 0.05) is 30.9 Å². The Bertz CT molecular complexity index is 1740. The van der Waals surface area contributed by atoms with Crippen LogP contribution in [0.25, 0.3) is 0 Å². The molecule has 1 aliphatic carbocycles. The molecular weight excluding hydrogens is 633 g/mol. The number of hydrogen-bond donors (Lipinski definition) is 2. The Labute approximate surface area is 273 Å². The van der Waals surface area contributed by atoms with Crippen LogP contribution < -0.4 is 19.7 Å². The average Bonchev–Trinajstić information content (AvgIpc) is 3.38. The molecule has 1 saturated heterocycles. The maximum atomic E-state index is 14.0. The third kappa shape index (κ3) is 7.98. The van der Waals surface area contributed by atoms with Gasteiger partial charge in [0.2, 0.25) is 16.0 Å². The summed E-state index contributed by atoms with van der Waals surface area (Å²) in [7, 11) is 1.40. The highest BCUT2D eigenvalue weighted by Crippen LogP contribution is 2.36. The molecule has 2 N–H and O–H groups in total. The molecule has 10 nitrogen and oxygen atoms in total. The molecule has 1 amide bonds. The van der Waals surface area contributed by atoms with Gasteiger partial charge in [-0.05, 0) is 100 Å². The van der Waals surface area contributed by atoms with Gasteiger partial charge in [-0.3, -0.25) is 9.10 Å². The summed E-state index contributed by atoms with van der Waals surface area (Å²) >= 11 is 0. The Balaban J connectivity index is 1.33. The number of sulfonamides is 1. The summed E-state index contributed by atoms with van der Waals surface area (Å²) in [5, 5.41) is 6.10. The molecular formula is C33H41F3N6O4S. The van der Waals surface area contributed by atoms with Gasteiger partial charge in [-0.2, -0.15) is 13.2 Å². The van der Waals surface area contributed by atoms with Crippen molar-refractivity contribution < 1.29 is 31.1 Å². The van der Waals surface area contributed by atoms with Crippen molar-refractivity contribution in [2.24, 2.45) is 5.92 Å². The predicted octanol–water partition coefficient (Wildman–Crippen LogP) is 5.34. The van der Waals surface area contributed by atoms with Crippen molar-refractivity contribution in [3.8, 4) is 5.75 Å². The summed E-state index contributed by atoms with van der Waals surface area (Å²) in [5.41, 5.74) is 1.31. The molecule has 5 rings (SSSR count). The fourth-order valence-corrected chi connectivity index (χ4v) is 7.17. The molecule has 254 valence electrons. The molecule has 0 bridgehead atoms. The molecule has 2 aromatic carbocycles. The van der Waals surface area contributed by atoms with Crippen LogP contribution in [0, 0.1) is 12.8 Å². The van der Waals surface area contributed by atoms with Gasteiger partial charge >= 0.3 is 6.18 Å². The molecule has 0 radical (unpaired) electrons. The molecule has 3 unspecified atom stereocenters. The summed E-state index contributed by atoms with van der Waals surface area (Å²) in [6.07, 6.45) is 1.13. The van der Waals surface area contributed by atoms with E-state index >= 15 is 0 Å². The Morgan fingerprint density at radius 1 is 1.13 bits per heavy atom. The van der Waals surface area contributed by atoms with E-state index in [0.717, 1.165) is 54.5 Å². The topological polar surface area (TPSA) is 117 Å². The zero-order valence-corrected chi connectivity index (χ0v) is 28.0. The number of carbonyl (C=O) groups excluding carboxylic acids is 1. The van der Waals surface area contributed by atoms with Crippen LogP contribution >= 0.6 is 0 Å². The zero-order chi connectivity index (χ0) is 34.1. The standard InChI is InChI=1S/C33H41F3N6O4S/c1-20-6-7-21(29(16-20)42(3)47(5,44)45)8-11-26-25(33(34,35)36)19-37-32(39-26)40-27-12-9-23(18-30(27)46-4)31(43)38-24-10-13-28-22(17-24)14-15-41(28)2/h6-7,9,12,16,18-19,22,24,28H,8,10-11,13-15,17H2,1-5H3,(H,38,43)(H,37,39,40). The second kappa shape index (κ2) is 13.7. The van der Waals surface area contributed by atoms with Crippen molar-refractivity contribution in [1.29, 1.82) is 0 Å². The highest BCUT2D eigenvalue weighted by molar-refractivity contribution is 7.92. The number of hydrogen-bond acceptors (Lipinski definition) is 8. The number of benzene rings is 2. The number of ether oxygens (including phenoxy) is 1.